The van der Waals surface area contributed by atoms with Gasteiger partial charge in [-0.05, 0) is 62.5 Å². The highest BCUT2D eigenvalue weighted by molar-refractivity contribution is 5.90. The molecule has 0 saturated heterocycles. The highest BCUT2D eigenvalue weighted by atomic mass is 16.4. The van der Waals surface area contributed by atoms with Crippen molar-refractivity contribution in [3.63, 3.8) is 0 Å². The molecule has 0 aromatic heterocycles. The Morgan fingerprint density at radius 3 is 2.50 bits per heavy atom. The molecule has 1 fully saturated rings. The lowest BCUT2D eigenvalue weighted by molar-refractivity contribution is -0.142. The SMILES string of the molecule is CC(NC(=O)C1CCCC1)C(=O)NC(CC1CCCc2ccccc21)C(=O)O. The standard InChI is InChI=1S/C22H30N2O4/c1-14(23-21(26)16-8-2-3-9-16)20(25)24-19(22(27)28)13-17-11-6-10-15-7-4-5-12-18(15)17/h4-5,7,12,14,16-17,19H,2-3,6,8-11,13H2,1H3,(H,23,26)(H,24,25)(H,27,28). The van der Waals surface area contributed by atoms with Gasteiger partial charge in [-0.1, -0.05) is 37.1 Å². The maximum absolute atomic E-state index is 12.5. The fourth-order valence-electron chi connectivity index (χ4n) is 4.49. The third-order valence-corrected chi connectivity index (χ3v) is 6.11. The molecule has 0 bridgehead atoms. The molecule has 2 aliphatic rings. The van der Waals surface area contributed by atoms with Crippen LogP contribution in [-0.2, 0) is 20.8 Å². The molecule has 1 aromatic carbocycles. The zero-order valence-electron chi connectivity index (χ0n) is 16.4. The lowest BCUT2D eigenvalue weighted by Gasteiger charge is -2.28. The van der Waals surface area contributed by atoms with Crippen LogP contribution in [0, 0.1) is 5.92 Å². The summed E-state index contributed by atoms with van der Waals surface area (Å²) in [6, 6.07) is 6.43. The van der Waals surface area contributed by atoms with Crippen LogP contribution in [0.25, 0.3) is 0 Å². The molecule has 3 N–H and O–H groups in total. The minimum absolute atomic E-state index is 0.0238. The largest absolute Gasteiger partial charge is 0.480 e. The molecule has 0 aliphatic heterocycles. The van der Waals surface area contributed by atoms with Gasteiger partial charge in [-0.25, -0.2) is 4.79 Å². The maximum Gasteiger partial charge on any atom is 0.326 e. The van der Waals surface area contributed by atoms with Gasteiger partial charge in [0, 0.05) is 5.92 Å². The second kappa shape index (κ2) is 9.22. The Morgan fingerprint density at radius 1 is 1.07 bits per heavy atom. The highest BCUT2D eigenvalue weighted by Crippen LogP contribution is 2.34. The third kappa shape index (κ3) is 4.91. The minimum Gasteiger partial charge on any atom is -0.480 e. The van der Waals surface area contributed by atoms with Gasteiger partial charge in [-0.3, -0.25) is 9.59 Å². The van der Waals surface area contributed by atoms with Gasteiger partial charge in [0.2, 0.25) is 11.8 Å². The van der Waals surface area contributed by atoms with Crippen molar-refractivity contribution in [2.45, 2.75) is 76.3 Å². The Balaban J connectivity index is 1.59. The van der Waals surface area contributed by atoms with E-state index in [9.17, 15) is 19.5 Å². The predicted octanol–water partition coefficient (Wildman–Crippen LogP) is 2.76. The number of carboxylic acid groups (broad SMARTS) is 1. The topological polar surface area (TPSA) is 95.5 Å². The van der Waals surface area contributed by atoms with E-state index >= 15 is 0 Å². The van der Waals surface area contributed by atoms with Gasteiger partial charge in [0.05, 0.1) is 0 Å². The fraction of sp³-hybridized carbons (Fsp3) is 0.591. The summed E-state index contributed by atoms with van der Waals surface area (Å²) in [6.07, 6.45) is 7.13. The van der Waals surface area contributed by atoms with Crippen molar-refractivity contribution in [2.75, 3.05) is 0 Å². The van der Waals surface area contributed by atoms with Crippen LogP contribution in [0.4, 0.5) is 0 Å². The van der Waals surface area contributed by atoms with Gasteiger partial charge >= 0.3 is 5.97 Å². The van der Waals surface area contributed by atoms with Gasteiger partial charge in [-0.15, -0.1) is 0 Å². The summed E-state index contributed by atoms with van der Waals surface area (Å²) in [6.45, 7) is 1.61. The average Bonchev–Trinajstić information content (AvgIpc) is 3.22. The predicted molar refractivity (Wildman–Crippen MR) is 106 cm³/mol. The summed E-state index contributed by atoms with van der Waals surface area (Å²) in [5.41, 5.74) is 2.46. The van der Waals surface area contributed by atoms with Crippen LogP contribution in [0.1, 0.15) is 68.9 Å². The normalized spacial score (nSPS) is 21.4. The number of nitrogens with one attached hydrogen (secondary N) is 2. The van der Waals surface area contributed by atoms with Crippen molar-refractivity contribution in [1.82, 2.24) is 10.6 Å². The zero-order chi connectivity index (χ0) is 20.1. The quantitative estimate of drug-likeness (QED) is 0.671. The molecule has 1 aromatic rings. The van der Waals surface area contributed by atoms with Gasteiger partial charge in [0.15, 0.2) is 0 Å². The van der Waals surface area contributed by atoms with Crippen molar-refractivity contribution in [3.8, 4) is 0 Å². The molecule has 6 nitrogen and oxygen atoms in total. The molecule has 0 radical (unpaired) electrons. The maximum atomic E-state index is 12.5. The lowest BCUT2D eigenvalue weighted by atomic mass is 9.79. The monoisotopic (exact) mass is 386 g/mol. The van der Waals surface area contributed by atoms with E-state index in [-0.39, 0.29) is 17.7 Å². The number of carbonyl (C=O) groups excluding carboxylic acids is 2. The number of amides is 2. The second-order valence-corrected chi connectivity index (χ2v) is 8.13. The van der Waals surface area contributed by atoms with Crippen LogP contribution < -0.4 is 10.6 Å². The summed E-state index contributed by atoms with van der Waals surface area (Å²) in [5, 5.41) is 15.0. The number of carboxylic acids is 1. The van der Waals surface area contributed by atoms with E-state index in [0.717, 1.165) is 44.9 Å². The average molecular weight is 386 g/mol. The van der Waals surface area contributed by atoms with Gasteiger partial charge in [0.1, 0.15) is 12.1 Å². The van der Waals surface area contributed by atoms with Gasteiger partial charge in [-0.2, -0.15) is 0 Å². The summed E-state index contributed by atoms with van der Waals surface area (Å²) in [7, 11) is 0. The first-order valence-electron chi connectivity index (χ1n) is 10.4. The number of hydrogen-bond acceptors (Lipinski definition) is 3. The summed E-state index contributed by atoms with van der Waals surface area (Å²) < 4.78 is 0. The zero-order valence-corrected chi connectivity index (χ0v) is 16.4. The number of hydrogen-bond donors (Lipinski definition) is 3. The molecule has 0 heterocycles. The van der Waals surface area contributed by atoms with Gasteiger partial charge in [0.25, 0.3) is 0 Å². The van der Waals surface area contributed by atoms with E-state index in [1.807, 2.05) is 12.1 Å². The molecule has 2 amide bonds. The molecule has 2 aliphatic carbocycles. The Hall–Kier alpha value is -2.37. The molecule has 152 valence electrons. The highest BCUT2D eigenvalue weighted by Gasteiger charge is 2.30. The first-order chi connectivity index (χ1) is 13.5. The Labute approximate surface area is 166 Å². The van der Waals surface area contributed by atoms with Crippen LogP contribution >= 0.6 is 0 Å². The number of benzene rings is 1. The molecule has 3 atom stereocenters. The first kappa shape index (κ1) is 20.4. The Morgan fingerprint density at radius 2 is 1.79 bits per heavy atom. The van der Waals surface area contributed by atoms with Crippen LogP contribution in [0.3, 0.4) is 0 Å². The van der Waals surface area contributed by atoms with Crippen molar-refractivity contribution >= 4 is 17.8 Å². The summed E-state index contributed by atoms with van der Waals surface area (Å²) in [4.78, 5) is 36.5. The van der Waals surface area contributed by atoms with Crippen LogP contribution in [0.2, 0.25) is 0 Å². The fourth-order valence-corrected chi connectivity index (χ4v) is 4.49. The van der Waals surface area contributed by atoms with E-state index < -0.39 is 24.0 Å². The molecular formula is C22H30N2O4. The molecule has 1 saturated carbocycles. The Bertz CT molecular complexity index is 727. The van der Waals surface area contributed by atoms with Crippen LogP contribution in [0.15, 0.2) is 24.3 Å². The van der Waals surface area contributed by atoms with Crippen LogP contribution in [-0.4, -0.2) is 35.0 Å². The van der Waals surface area contributed by atoms with Crippen LogP contribution in [0.5, 0.6) is 0 Å². The summed E-state index contributed by atoms with van der Waals surface area (Å²) in [5.74, 6) is -1.49. The lowest BCUT2D eigenvalue weighted by Crippen LogP contribution is -2.51. The van der Waals surface area contributed by atoms with Gasteiger partial charge < -0.3 is 15.7 Å². The number of aliphatic carboxylic acids is 1. The summed E-state index contributed by atoms with van der Waals surface area (Å²) >= 11 is 0. The number of fused-ring (bicyclic) bond motifs is 1. The van der Waals surface area contributed by atoms with E-state index in [0.29, 0.717) is 6.42 Å². The van der Waals surface area contributed by atoms with E-state index in [1.165, 1.54) is 11.1 Å². The molecule has 6 heteroatoms. The molecule has 0 spiro atoms. The molecular weight excluding hydrogens is 356 g/mol. The second-order valence-electron chi connectivity index (χ2n) is 8.13. The van der Waals surface area contributed by atoms with Crippen molar-refractivity contribution < 1.29 is 19.5 Å². The molecule has 3 unspecified atom stereocenters. The molecule has 28 heavy (non-hydrogen) atoms. The van der Waals surface area contributed by atoms with E-state index in [2.05, 4.69) is 22.8 Å². The number of rotatable bonds is 7. The number of carbonyl (C=O) groups is 3. The number of aryl methyl sites for hydroxylation is 1. The first-order valence-corrected chi connectivity index (χ1v) is 10.4. The third-order valence-electron chi connectivity index (χ3n) is 6.11. The smallest absolute Gasteiger partial charge is 0.326 e. The van der Waals surface area contributed by atoms with E-state index in [1.54, 1.807) is 6.92 Å². The van der Waals surface area contributed by atoms with Crippen molar-refractivity contribution in [2.24, 2.45) is 5.92 Å². The minimum atomic E-state index is -1.04. The van der Waals surface area contributed by atoms with E-state index in [4.69, 9.17) is 0 Å². The molecule has 3 rings (SSSR count). The van der Waals surface area contributed by atoms with Crippen molar-refractivity contribution in [1.29, 1.82) is 0 Å². The van der Waals surface area contributed by atoms with Crippen molar-refractivity contribution in [3.05, 3.63) is 35.4 Å². The Kier molecular flexibility index (Phi) is 6.70.